The van der Waals surface area contributed by atoms with Crippen molar-refractivity contribution in [2.24, 2.45) is 0 Å². The number of halogens is 1. The summed E-state index contributed by atoms with van der Waals surface area (Å²) >= 11 is 3.59. The summed E-state index contributed by atoms with van der Waals surface area (Å²) in [6.07, 6.45) is 6.96. The Balaban J connectivity index is 1.89. The van der Waals surface area contributed by atoms with E-state index in [-0.39, 0.29) is 0 Å². The van der Waals surface area contributed by atoms with Crippen molar-refractivity contribution in [2.75, 3.05) is 23.3 Å². The van der Waals surface area contributed by atoms with Crippen LogP contribution in [0.2, 0.25) is 0 Å². The van der Waals surface area contributed by atoms with E-state index in [1.807, 2.05) is 0 Å². The zero-order valence-corrected chi connectivity index (χ0v) is 11.7. The molecule has 92 valence electrons. The molecule has 0 amide bonds. The Morgan fingerprint density at radius 3 is 2.82 bits per heavy atom. The van der Waals surface area contributed by atoms with Crippen LogP contribution in [0.15, 0.2) is 22.7 Å². The highest BCUT2D eigenvalue weighted by atomic mass is 79.9. The van der Waals surface area contributed by atoms with Crippen LogP contribution in [0.3, 0.4) is 0 Å². The Morgan fingerprint density at radius 1 is 1.18 bits per heavy atom. The van der Waals surface area contributed by atoms with Gasteiger partial charge in [-0.2, -0.15) is 0 Å². The minimum Gasteiger partial charge on any atom is -0.382 e. The van der Waals surface area contributed by atoms with Crippen molar-refractivity contribution in [3.63, 3.8) is 0 Å². The Kier molecular flexibility index (Phi) is 3.28. The van der Waals surface area contributed by atoms with Crippen LogP contribution in [-0.4, -0.2) is 19.1 Å². The van der Waals surface area contributed by atoms with Crippen LogP contribution in [0.5, 0.6) is 0 Å². The first-order valence-electron chi connectivity index (χ1n) is 6.65. The van der Waals surface area contributed by atoms with E-state index in [2.05, 4.69) is 44.3 Å². The first-order chi connectivity index (χ1) is 8.34. The summed E-state index contributed by atoms with van der Waals surface area (Å²) in [5, 5.41) is 3.50. The zero-order chi connectivity index (χ0) is 11.7. The van der Waals surface area contributed by atoms with Gasteiger partial charge in [0.05, 0.1) is 11.4 Å². The van der Waals surface area contributed by atoms with Gasteiger partial charge in [-0.1, -0.05) is 35.2 Å². The summed E-state index contributed by atoms with van der Waals surface area (Å²) in [7, 11) is 0. The molecule has 1 aliphatic heterocycles. The molecule has 0 saturated heterocycles. The molecule has 3 rings (SSSR count). The van der Waals surface area contributed by atoms with Gasteiger partial charge < -0.3 is 10.2 Å². The van der Waals surface area contributed by atoms with Gasteiger partial charge >= 0.3 is 0 Å². The van der Waals surface area contributed by atoms with Crippen LogP contribution in [0, 0.1) is 0 Å². The first kappa shape index (κ1) is 11.4. The number of nitrogens with one attached hydrogen (secondary N) is 1. The van der Waals surface area contributed by atoms with E-state index in [9.17, 15) is 0 Å². The molecule has 2 aliphatic rings. The van der Waals surface area contributed by atoms with Crippen LogP contribution < -0.4 is 10.2 Å². The van der Waals surface area contributed by atoms with E-state index in [0.717, 1.165) is 19.1 Å². The smallest absolute Gasteiger partial charge is 0.0616 e. The van der Waals surface area contributed by atoms with Crippen LogP contribution in [-0.2, 0) is 0 Å². The fourth-order valence-electron chi connectivity index (χ4n) is 3.10. The molecule has 0 atom stereocenters. The lowest BCUT2D eigenvalue weighted by Crippen LogP contribution is -2.42. The number of rotatable bonds is 1. The summed E-state index contributed by atoms with van der Waals surface area (Å²) in [6, 6.07) is 7.33. The minimum atomic E-state index is 0.763. The predicted octanol–water partition coefficient (Wildman–Crippen LogP) is 4.01. The highest BCUT2D eigenvalue weighted by molar-refractivity contribution is 9.10. The third-order valence-corrected chi connectivity index (χ3v) is 4.45. The molecule has 1 aliphatic carbocycles. The summed E-state index contributed by atoms with van der Waals surface area (Å²) in [5.41, 5.74) is 2.68. The Morgan fingerprint density at radius 2 is 2.00 bits per heavy atom. The molecular formula is C14H19BrN2. The molecule has 1 aromatic rings. The van der Waals surface area contributed by atoms with E-state index in [1.54, 1.807) is 0 Å². The molecule has 1 saturated carbocycles. The number of nitrogens with zero attached hydrogens (tertiary/aromatic N) is 1. The molecular weight excluding hydrogens is 276 g/mol. The molecule has 0 aromatic heterocycles. The topological polar surface area (TPSA) is 15.3 Å². The third kappa shape index (κ3) is 2.30. The monoisotopic (exact) mass is 294 g/mol. The summed E-state index contributed by atoms with van der Waals surface area (Å²) in [4.78, 5) is 2.62. The highest BCUT2D eigenvalue weighted by Gasteiger charge is 2.25. The van der Waals surface area contributed by atoms with Gasteiger partial charge in [0, 0.05) is 23.6 Å². The number of benzene rings is 1. The van der Waals surface area contributed by atoms with Crippen LogP contribution in [0.4, 0.5) is 11.4 Å². The van der Waals surface area contributed by atoms with E-state index in [1.165, 1.54) is 48.0 Å². The number of anilines is 2. The summed E-state index contributed by atoms with van der Waals surface area (Å²) < 4.78 is 1.18. The molecule has 1 aromatic carbocycles. The SMILES string of the molecule is Brc1ccc2c(c1)N(C1CCCCC1)CCN2. The Bertz CT molecular complexity index is 399. The Hall–Kier alpha value is -0.700. The van der Waals surface area contributed by atoms with E-state index in [4.69, 9.17) is 0 Å². The van der Waals surface area contributed by atoms with Crippen LogP contribution in [0.1, 0.15) is 32.1 Å². The van der Waals surface area contributed by atoms with E-state index >= 15 is 0 Å². The van der Waals surface area contributed by atoms with Gasteiger partial charge in [0.25, 0.3) is 0 Å². The van der Waals surface area contributed by atoms with Crippen molar-refractivity contribution in [1.82, 2.24) is 0 Å². The van der Waals surface area contributed by atoms with Crippen molar-refractivity contribution >= 4 is 27.3 Å². The molecule has 0 radical (unpaired) electrons. The molecule has 0 bridgehead atoms. The second-order valence-corrected chi connectivity index (χ2v) is 5.99. The first-order valence-corrected chi connectivity index (χ1v) is 7.44. The maximum absolute atomic E-state index is 3.59. The lowest BCUT2D eigenvalue weighted by molar-refractivity contribution is 0.415. The summed E-state index contributed by atoms with van der Waals surface area (Å²) in [6.45, 7) is 2.22. The fraction of sp³-hybridized carbons (Fsp3) is 0.571. The zero-order valence-electron chi connectivity index (χ0n) is 10.1. The van der Waals surface area contributed by atoms with Gasteiger partial charge in [0.1, 0.15) is 0 Å². The molecule has 17 heavy (non-hydrogen) atoms. The van der Waals surface area contributed by atoms with Gasteiger partial charge in [0.15, 0.2) is 0 Å². The van der Waals surface area contributed by atoms with Crippen molar-refractivity contribution < 1.29 is 0 Å². The molecule has 2 nitrogen and oxygen atoms in total. The van der Waals surface area contributed by atoms with Crippen molar-refractivity contribution in [3.8, 4) is 0 Å². The average Bonchev–Trinajstić information content (AvgIpc) is 2.39. The van der Waals surface area contributed by atoms with Crippen molar-refractivity contribution in [1.29, 1.82) is 0 Å². The lowest BCUT2D eigenvalue weighted by atomic mass is 9.93. The minimum absolute atomic E-state index is 0.763. The van der Waals surface area contributed by atoms with Gasteiger partial charge in [-0.05, 0) is 31.0 Å². The van der Waals surface area contributed by atoms with E-state index in [0.29, 0.717) is 0 Å². The van der Waals surface area contributed by atoms with Crippen LogP contribution >= 0.6 is 15.9 Å². The number of hydrogen-bond donors (Lipinski definition) is 1. The third-order valence-electron chi connectivity index (χ3n) is 3.95. The predicted molar refractivity (Wildman–Crippen MR) is 76.9 cm³/mol. The lowest BCUT2D eigenvalue weighted by Gasteiger charge is -2.40. The van der Waals surface area contributed by atoms with Gasteiger partial charge in [-0.25, -0.2) is 0 Å². The number of hydrogen-bond acceptors (Lipinski definition) is 2. The second kappa shape index (κ2) is 4.89. The Labute approximate surface area is 112 Å². The maximum atomic E-state index is 3.59. The van der Waals surface area contributed by atoms with Gasteiger partial charge in [-0.15, -0.1) is 0 Å². The molecule has 1 fully saturated rings. The summed E-state index contributed by atoms with van der Waals surface area (Å²) in [5.74, 6) is 0. The van der Waals surface area contributed by atoms with Gasteiger partial charge in [-0.3, -0.25) is 0 Å². The largest absolute Gasteiger partial charge is 0.382 e. The highest BCUT2D eigenvalue weighted by Crippen LogP contribution is 2.36. The molecule has 3 heteroatoms. The fourth-order valence-corrected chi connectivity index (χ4v) is 3.44. The maximum Gasteiger partial charge on any atom is 0.0616 e. The standard InChI is InChI=1S/C14H19BrN2/c15-11-6-7-13-14(10-11)17(9-8-16-13)12-4-2-1-3-5-12/h6-7,10,12,16H,1-5,8-9H2. The quantitative estimate of drug-likeness (QED) is 0.842. The average molecular weight is 295 g/mol. The normalized spacial score (nSPS) is 20.9. The molecule has 0 spiro atoms. The molecule has 0 unspecified atom stereocenters. The van der Waals surface area contributed by atoms with Crippen LogP contribution in [0.25, 0.3) is 0 Å². The van der Waals surface area contributed by atoms with Gasteiger partial charge in [0.2, 0.25) is 0 Å². The number of fused-ring (bicyclic) bond motifs is 1. The molecule has 1 heterocycles. The van der Waals surface area contributed by atoms with Crippen molar-refractivity contribution in [3.05, 3.63) is 22.7 Å². The van der Waals surface area contributed by atoms with E-state index < -0.39 is 0 Å². The second-order valence-electron chi connectivity index (χ2n) is 5.07. The van der Waals surface area contributed by atoms with Crippen molar-refractivity contribution in [2.45, 2.75) is 38.1 Å². The molecule has 1 N–H and O–H groups in total.